The van der Waals surface area contributed by atoms with E-state index in [0.717, 1.165) is 0 Å². The summed E-state index contributed by atoms with van der Waals surface area (Å²) in [5.41, 5.74) is 0.715. The van der Waals surface area contributed by atoms with Gasteiger partial charge in [-0.2, -0.15) is 0 Å². The van der Waals surface area contributed by atoms with E-state index in [1.807, 2.05) is 6.92 Å². The number of carbonyl (C=O) groups is 2. The van der Waals surface area contributed by atoms with Crippen molar-refractivity contribution in [2.75, 3.05) is 12.4 Å². The molecule has 0 saturated heterocycles. The summed E-state index contributed by atoms with van der Waals surface area (Å²) in [6, 6.07) is 4.63. The molecule has 0 saturated carbocycles. The van der Waals surface area contributed by atoms with Crippen molar-refractivity contribution in [2.24, 2.45) is 0 Å². The Morgan fingerprint density at radius 1 is 1.33 bits per heavy atom. The molecule has 8 heteroatoms. The molecule has 0 atom stereocenters. The number of aromatic amines is 1. The zero-order valence-electron chi connectivity index (χ0n) is 11.5. The molecule has 0 bridgehead atoms. The molecule has 0 spiro atoms. The third-order valence-corrected chi connectivity index (χ3v) is 3.10. The molecule has 1 heterocycles. The molecule has 2 amide bonds. The summed E-state index contributed by atoms with van der Waals surface area (Å²) in [6.45, 7) is 1.90. The standard InChI is InChI=1S/C13H14ClN5O2/c1-3-10-17-11(19-18-10)13(21)16-7-4-5-9(14)8(6-7)12(20)15-2/h4-6H,3H2,1-2H3,(H,15,20)(H,16,21)(H,17,18,19). The molecule has 3 N–H and O–H groups in total. The van der Waals surface area contributed by atoms with E-state index in [-0.39, 0.29) is 17.3 Å². The van der Waals surface area contributed by atoms with Crippen LogP contribution in [-0.2, 0) is 6.42 Å². The van der Waals surface area contributed by atoms with E-state index in [1.165, 1.54) is 19.2 Å². The molecular weight excluding hydrogens is 294 g/mol. The highest BCUT2D eigenvalue weighted by molar-refractivity contribution is 6.34. The highest BCUT2D eigenvalue weighted by atomic mass is 35.5. The first-order valence-corrected chi connectivity index (χ1v) is 6.67. The fraction of sp³-hybridized carbons (Fsp3) is 0.231. The number of rotatable bonds is 4. The predicted octanol–water partition coefficient (Wildman–Crippen LogP) is 1.63. The van der Waals surface area contributed by atoms with E-state index >= 15 is 0 Å². The molecule has 21 heavy (non-hydrogen) atoms. The Balaban J connectivity index is 2.19. The van der Waals surface area contributed by atoms with Crippen molar-refractivity contribution in [1.29, 1.82) is 0 Å². The molecule has 1 aromatic carbocycles. The van der Waals surface area contributed by atoms with E-state index < -0.39 is 5.91 Å². The second-order valence-electron chi connectivity index (χ2n) is 4.19. The summed E-state index contributed by atoms with van der Waals surface area (Å²) >= 11 is 5.94. The van der Waals surface area contributed by atoms with E-state index in [1.54, 1.807) is 6.07 Å². The second-order valence-corrected chi connectivity index (χ2v) is 4.59. The Kier molecular flexibility index (Phi) is 4.54. The number of carbonyl (C=O) groups excluding carboxylic acids is 2. The third-order valence-electron chi connectivity index (χ3n) is 2.77. The van der Waals surface area contributed by atoms with Crippen LogP contribution in [0, 0.1) is 0 Å². The van der Waals surface area contributed by atoms with Crippen molar-refractivity contribution >= 4 is 29.1 Å². The Morgan fingerprint density at radius 3 is 2.71 bits per heavy atom. The van der Waals surface area contributed by atoms with Crippen LogP contribution in [0.1, 0.15) is 33.7 Å². The smallest absolute Gasteiger partial charge is 0.295 e. The van der Waals surface area contributed by atoms with Gasteiger partial charge in [0, 0.05) is 19.2 Å². The highest BCUT2D eigenvalue weighted by Crippen LogP contribution is 2.20. The van der Waals surface area contributed by atoms with Gasteiger partial charge in [-0.15, -0.1) is 5.10 Å². The van der Waals surface area contributed by atoms with Crippen LogP contribution in [-0.4, -0.2) is 34.0 Å². The van der Waals surface area contributed by atoms with Crippen molar-refractivity contribution in [2.45, 2.75) is 13.3 Å². The van der Waals surface area contributed by atoms with Crippen molar-refractivity contribution in [3.05, 3.63) is 40.4 Å². The first-order chi connectivity index (χ1) is 10.0. The van der Waals surface area contributed by atoms with Gasteiger partial charge in [0.2, 0.25) is 5.82 Å². The number of anilines is 1. The lowest BCUT2D eigenvalue weighted by atomic mass is 10.2. The van der Waals surface area contributed by atoms with Crippen LogP contribution in [0.5, 0.6) is 0 Å². The molecule has 0 aliphatic heterocycles. The molecule has 0 aliphatic carbocycles. The Labute approximate surface area is 126 Å². The van der Waals surface area contributed by atoms with Crippen LogP contribution in [0.2, 0.25) is 5.02 Å². The molecule has 1 aromatic heterocycles. The maximum atomic E-state index is 12.0. The number of halogens is 1. The lowest BCUT2D eigenvalue weighted by molar-refractivity contribution is 0.0961. The van der Waals surface area contributed by atoms with Crippen LogP contribution in [0.25, 0.3) is 0 Å². The summed E-state index contributed by atoms with van der Waals surface area (Å²) in [4.78, 5) is 27.7. The number of hydrogen-bond donors (Lipinski definition) is 3. The minimum absolute atomic E-state index is 0.0447. The van der Waals surface area contributed by atoms with Gasteiger partial charge in [-0.05, 0) is 18.2 Å². The highest BCUT2D eigenvalue weighted by Gasteiger charge is 2.14. The first kappa shape index (κ1) is 15.0. The van der Waals surface area contributed by atoms with Crippen molar-refractivity contribution < 1.29 is 9.59 Å². The maximum Gasteiger partial charge on any atom is 0.295 e. The van der Waals surface area contributed by atoms with Gasteiger partial charge in [0.25, 0.3) is 11.8 Å². The number of H-pyrrole nitrogens is 1. The topological polar surface area (TPSA) is 99.8 Å². The number of nitrogens with one attached hydrogen (secondary N) is 3. The first-order valence-electron chi connectivity index (χ1n) is 6.29. The number of nitrogens with zero attached hydrogens (tertiary/aromatic N) is 2. The molecule has 0 radical (unpaired) electrons. The average Bonchev–Trinajstić information content (AvgIpc) is 2.97. The predicted molar refractivity (Wildman–Crippen MR) is 78.6 cm³/mol. The molecule has 2 aromatic rings. The number of hydrogen-bond acceptors (Lipinski definition) is 4. The molecule has 0 fully saturated rings. The Hall–Kier alpha value is -2.41. The summed E-state index contributed by atoms with van der Waals surface area (Å²) in [6.07, 6.45) is 0.655. The van der Waals surface area contributed by atoms with Gasteiger partial charge in [-0.3, -0.25) is 14.7 Å². The second kappa shape index (κ2) is 6.36. The summed E-state index contributed by atoms with van der Waals surface area (Å²) in [5, 5.41) is 11.9. The van der Waals surface area contributed by atoms with Crippen molar-refractivity contribution in [3.8, 4) is 0 Å². The van der Waals surface area contributed by atoms with E-state index in [9.17, 15) is 9.59 Å². The van der Waals surface area contributed by atoms with Gasteiger partial charge in [0.1, 0.15) is 5.82 Å². The fourth-order valence-electron chi connectivity index (χ4n) is 1.65. The number of aryl methyl sites for hydroxylation is 1. The van der Waals surface area contributed by atoms with E-state index in [0.29, 0.717) is 23.0 Å². The summed E-state index contributed by atoms with van der Waals surface area (Å²) in [5.74, 6) is -0.121. The van der Waals surface area contributed by atoms with Crippen LogP contribution in [0.15, 0.2) is 18.2 Å². The zero-order chi connectivity index (χ0) is 15.4. The van der Waals surface area contributed by atoms with Gasteiger partial charge in [0.05, 0.1) is 10.6 Å². The molecule has 110 valence electrons. The largest absolute Gasteiger partial charge is 0.355 e. The number of benzene rings is 1. The maximum absolute atomic E-state index is 12.0. The normalized spacial score (nSPS) is 10.2. The minimum Gasteiger partial charge on any atom is -0.355 e. The molecular formula is C13H14ClN5O2. The van der Waals surface area contributed by atoms with Gasteiger partial charge in [-0.25, -0.2) is 4.98 Å². The van der Waals surface area contributed by atoms with Crippen LogP contribution >= 0.6 is 11.6 Å². The van der Waals surface area contributed by atoms with Crippen molar-refractivity contribution in [1.82, 2.24) is 20.5 Å². The average molecular weight is 308 g/mol. The van der Waals surface area contributed by atoms with Crippen LogP contribution in [0.3, 0.4) is 0 Å². The summed E-state index contributed by atoms with van der Waals surface area (Å²) < 4.78 is 0. The Morgan fingerprint density at radius 2 is 2.10 bits per heavy atom. The lowest BCUT2D eigenvalue weighted by Gasteiger charge is -2.07. The molecule has 2 rings (SSSR count). The third kappa shape index (κ3) is 3.38. The van der Waals surface area contributed by atoms with E-state index in [4.69, 9.17) is 11.6 Å². The fourth-order valence-corrected chi connectivity index (χ4v) is 1.86. The van der Waals surface area contributed by atoms with E-state index in [2.05, 4.69) is 25.8 Å². The SMILES string of the molecule is CCc1nc(C(=O)Nc2ccc(Cl)c(C(=O)NC)c2)n[nH]1. The van der Waals surface area contributed by atoms with Gasteiger partial charge < -0.3 is 10.6 Å². The van der Waals surface area contributed by atoms with Crippen LogP contribution < -0.4 is 10.6 Å². The number of amides is 2. The minimum atomic E-state index is -0.462. The van der Waals surface area contributed by atoms with Crippen LogP contribution in [0.4, 0.5) is 5.69 Å². The summed E-state index contributed by atoms with van der Waals surface area (Å²) in [7, 11) is 1.50. The van der Waals surface area contributed by atoms with Gasteiger partial charge >= 0.3 is 0 Å². The quantitative estimate of drug-likeness (QED) is 0.799. The van der Waals surface area contributed by atoms with Gasteiger partial charge in [-0.1, -0.05) is 18.5 Å². The molecule has 0 unspecified atom stereocenters. The zero-order valence-corrected chi connectivity index (χ0v) is 12.3. The monoisotopic (exact) mass is 307 g/mol. The number of aromatic nitrogens is 3. The van der Waals surface area contributed by atoms with Gasteiger partial charge in [0.15, 0.2) is 0 Å². The Bertz CT molecular complexity index is 683. The lowest BCUT2D eigenvalue weighted by Crippen LogP contribution is -2.19. The molecule has 0 aliphatic rings. The molecule has 7 nitrogen and oxygen atoms in total. The van der Waals surface area contributed by atoms with Crippen molar-refractivity contribution in [3.63, 3.8) is 0 Å².